The van der Waals surface area contributed by atoms with Crippen molar-refractivity contribution in [3.63, 3.8) is 0 Å². The van der Waals surface area contributed by atoms with Crippen LogP contribution in [0.3, 0.4) is 0 Å². The van der Waals surface area contributed by atoms with Crippen LogP contribution in [0.4, 0.5) is 57.7 Å². The van der Waals surface area contributed by atoms with Crippen LogP contribution in [0.2, 0.25) is 10.0 Å². The summed E-state index contributed by atoms with van der Waals surface area (Å²) in [4.78, 5) is 33.7. The summed E-state index contributed by atoms with van der Waals surface area (Å²) in [7, 11) is 1.68. The van der Waals surface area contributed by atoms with E-state index in [0.29, 0.717) is 104 Å². The van der Waals surface area contributed by atoms with E-state index < -0.39 is 32.6 Å². The normalized spacial score (nSPS) is 17.2. The zero-order valence-electron chi connectivity index (χ0n) is 68.3. The molecule has 0 atom stereocenters. The molecule has 5 fully saturated rings. The molecule has 5 aliphatic rings. The zero-order chi connectivity index (χ0) is 80.6. The van der Waals surface area contributed by atoms with Gasteiger partial charge in [-0.2, -0.15) is 9.97 Å². The maximum Gasteiger partial charge on any atom is 0.494 e. The van der Waals surface area contributed by atoms with Crippen LogP contribution < -0.4 is 66.1 Å². The van der Waals surface area contributed by atoms with E-state index in [4.69, 9.17) is 70.5 Å². The average molecular weight is 1710 g/mol. The predicted molar refractivity (Wildman–Crippen MR) is 472 cm³/mol. The second-order valence-electron chi connectivity index (χ2n) is 30.9. The quantitative estimate of drug-likeness (QED) is 0.0324. The molecule has 0 saturated carbocycles. The zero-order valence-corrected chi connectivity index (χ0v) is 73.2. The second-order valence-corrected chi connectivity index (χ2v) is 38.9. The first-order valence-electron chi connectivity index (χ1n) is 38.8. The minimum atomic E-state index is -2.78. The molecule has 622 valence electrons. The molecule has 4 aromatic carbocycles. The van der Waals surface area contributed by atoms with Crippen LogP contribution in [-0.2, 0) is 31.3 Å². The fraction of sp³-hybridized carbons (Fsp3) is 0.537. The number of piperidine rings is 2. The number of likely N-dealkylation sites (N-methyl/N-ethyl adjacent to an activating group) is 2. The van der Waals surface area contributed by atoms with Crippen molar-refractivity contribution < 1.29 is 46.4 Å². The number of rotatable bonds is 24. The van der Waals surface area contributed by atoms with Crippen molar-refractivity contribution in [2.45, 2.75) is 146 Å². The molecule has 0 radical (unpaired) electrons. The number of ether oxygens (including phenoxy) is 4. The van der Waals surface area contributed by atoms with Gasteiger partial charge in [-0.15, -0.1) is 0 Å². The van der Waals surface area contributed by atoms with E-state index >= 15 is 0 Å². The lowest BCUT2D eigenvalue weighted by molar-refractivity contribution is 0.00578. The summed E-state index contributed by atoms with van der Waals surface area (Å²) >= 11 is 16.5. The first kappa shape index (κ1) is 90.7. The Kier molecular flexibility index (Phi) is 31.3. The highest BCUT2D eigenvalue weighted by molar-refractivity contribution is 9.10. The van der Waals surface area contributed by atoms with E-state index in [1.807, 2.05) is 91.8 Å². The van der Waals surface area contributed by atoms with Gasteiger partial charge in [0.1, 0.15) is 46.1 Å². The Morgan fingerprint density at radius 1 is 0.553 bits per heavy atom. The molecule has 32 heteroatoms. The highest BCUT2D eigenvalue weighted by Gasteiger charge is 2.52. The summed E-state index contributed by atoms with van der Waals surface area (Å²) < 4.78 is 73.4. The van der Waals surface area contributed by atoms with Gasteiger partial charge in [0.2, 0.25) is 11.9 Å². The van der Waals surface area contributed by atoms with Crippen molar-refractivity contribution >= 4 is 134 Å². The standard InChI is InChI=1S/C37H54BClN7O4P.C37H50ClN8O4P.C6H8BrNO2.2CH4/c1-10-25-21-30(32(48-7)23-31(25)46-15-13-27(14-16-46)45-19-17-44(6)18-20-45)42-35-40-24-28(39)34(43-35)41-29-12-11-26(22-33(29)51(8,9)47)38-49-36(2,3)37(4,5)50-38;1-8-25-20-30(32(48-5)22-31(25)46-14-12-27(13-15-46)45-18-16-44(4)17-19-45)41-37-39-23-28(38)35(42-37)40-29-11-10-26(21-33(29)51(6,7)47)34-24(3)50-43-36(34)49-9-2;1-3-9-6-5(7)4(2)10-8-6;;/h11-12,21-24,27H,10,13-20H2,1-9H3,(H2,40,41,42,43);10-11,20-23,27H,8-9,12-19H2,1-7H3,(H2,39,40,41,42);3H2,1-2H3;2*1H4. The van der Waals surface area contributed by atoms with Crippen molar-refractivity contribution in [1.29, 1.82) is 0 Å². The molecule has 5 saturated heterocycles. The molecule has 8 aromatic rings. The van der Waals surface area contributed by atoms with E-state index in [9.17, 15) is 9.13 Å². The van der Waals surface area contributed by atoms with Gasteiger partial charge in [0.05, 0.1) is 79.3 Å². The van der Waals surface area contributed by atoms with Crippen molar-refractivity contribution in [1.82, 2.24) is 49.8 Å². The van der Waals surface area contributed by atoms with Crippen LogP contribution in [0, 0.1) is 13.8 Å². The summed E-state index contributed by atoms with van der Waals surface area (Å²) in [6.45, 7) is 41.2. The summed E-state index contributed by atoms with van der Waals surface area (Å²) in [6.07, 6.45) is 9.50. The molecule has 9 heterocycles. The minimum Gasteiger partial charge on any atom is -0.494 e. The van der Waals surface area contributed by atoms with E-state index in [1.54, 1.807) is 53.3 Å². The molecule has 4 aromatic heterocycles. The third kappa shape index (κ3) is 21.8. The molecule has 4 N–H and O–H groups in total. The molecule has 5 aliphatic heterocycles. The number of piperazine rings is 2. The Bertz CT molecular complexity index is 4640. The summed E-state index contributed by atoms with van der Waals surface area (Å²) in [5.74, 6) is 5.18. The van der Waals surface area contributed by atoms with E-state index in [-0.39, 0.29) is 14.9 Å². The van der Waals surface area contributed by atoms with Crippen molar-refractivity contribution in [2.24, 2.45) is 0 Å². The van der Waals surface area contributed by atoms with Gasteiger partial charge >= 0.3 is 7.12 Å². The van der Waals surface area contributed by atoms with E-state index in [1.165, 1.54) is 22.5 Å². The smallest absolute Gasteiger partial charge is 0.494 e. The van der Waals surface area contributed by atoms with Gasteiger partial charge in [-0.05, 0) is 219 Å². The molecule has 0 aliphatic carbocycles. The number of aryl methyl sites for hydroxylation is 4. The molecule has 0 bridgehead atoms. The fourth-order valence-corrected chi connectivity index (χ4v) is 17.6. The van der Waals surface area contributed by atoms with Crippen LogP contribution in [0.25, 0.3) is 11.1 Å². The fourth-order valence-electron chi connectivity index (χ4n) is 14.7. The van der Waals surface area contributed by atoms with E-state index in [0.717, 1.165) is 161 Å². The number of hydrogen-bond donors (Lipinski definition) is 4. The lowest BCUT2D eigenvalue weighted by Gasteiger charge is -2.43. The number of hydrogen-bond acceptors (Lipinski definition) is 26. The van der Waals surface area contributed by atoms with Gasteiger partial charge in [-0.3, -0.25) is 9.80 Å². The van der Waals surface area contributed by atoms with Gasteiger partial charge < -0.3 is 87.3 Å². The molecule has 0 amide bonds. The number of methoxy groups -OCH3 is 2. The maximum atomic E-state index is 13.6. The Balaban J connectivity index is 0.000000229. The summed E-state index contributed by atoms with van der Waals surface area (Å²) in [6, 6.07) is 21.2. The highest BCUT2D eigenvalue weighted by atomic mass is 79.9. The minimum absolute atomic E-state index is 0. The maximum absolute atomic E-state index is 13.6. The monoisotopic (exact) mass is 1710 g/mol. The second kappa shape index (κ2) is 39.4. The first-order chi connectivity index (χ1) is 53.3. The first-order valence-corrected chi connectivity index (χ1v) is 45.6. The highest BCUT2D eigenvalue weighted by Crippen LogP contribution is 2.46. The number of anilines is 10. The Morgan fingerprint density at radius 3 is 1.37 bits per heavy atom. The number of nitrogens with one attached hydrogen (secondary N) is 4. The van der Waals surface area contributed by atoms with Gasteiger partial charge in [0.25, 0.3) is 11.8 Å². The summed E-state index contributed by atoms with van der Waals surface area (Å²) in [5.41, 5.74) is 9.04. The van der Waals surface area contributed by atoms with Gasteiger partial charge in [-0.25, -0.2) is 9.97 Å². The lowest BCUT2D eigenvalue weighted by atomic mass is 9.79. The van der Waals surface area contributed by atoms with Gasteiger partial charge in [-0.1, -0.05) is 64.0 Å². The van der Waals surface area contributed by atoms with E-state index in [2.05, 4.69) is 139 Å². The van der Waals surface area contributed by atoms with Crippen molar-refractivity contribution in [2.75, 3.05) is 178 Å². The Labute approximate surface area is 694 Å². The topological polar surface area (TPSA) is 261 Å². The molecular formula is C82H120BBrCl2N16O10P2. The molecule has 0 unspecified atom stereocenters. The molecule has 26 nitrogen and oxygen atoms in total. The van der Waals surface area contributed by atoms with Crippen LogP contribution in [-0.4, -0.2) is 227 Å². The van der Waals surface area contributed by atoms with Gasteiger partial charge in [0.15, 0.2) is 17.4 Å². The Hall–Kier alpha value is -7.20. The largest absolute Gasteiger partial charge is 0.494 e. The molecule has 13 rings (SSSR count). The third-order valence-electron chi connectivity index (χ3n) is 21.9. The SMILES string of the molecule is C.C.CCOc1noc(C)c1-c1ccc(Nc2nc(Nc3cc(CC)c(N4CCC(N5CCN(C)CC5)CC4)cc3OC)ncc2Cl)c(P(C)(C)=O)c1.CCOc1noc(C)c1Br.CCc1cc(Nc2ncc(Cl)c(Nc3ccc(B4OC(C)(C)C(C)(C)O4)cc3P(C)(C)=O)n2)c(OC)cc1N1CCC(N2CCN(C)CC2)CC1. The van der Waals surface area contributed by atoms with Crippen LogP contribution in [0.15, 0.2) is 86.6 Å². The van der Waals surface area contributed by atoms with Crippen LogP contribution in [0.1, 0.15) is 119 Å². The van der Waals surface area contributed by atoms with Gasteiger partial charge in [0, 0.05) is 125 Å². The molecule has 0 spiro atoms. The molecular weight excluding hydrogens is 1590 g/mol. The number of benzene rings is 4. The van der Waals surface area contributed by atoms with Crippen LogP contribution >= 0.6 is 53.4 Å². The Morgan fingerprint density at radius 2 is 0.965 bits per heavy atom. The number of nitrogens with zero attached hydrogens (tertiary/aromatic N) is 12. The number of halogens is 3. The molecule has 114 heavy (non-hydrogen) atoms. The van der Waals surface area contributed by atoms with Crippen molar-refractivity contribution in [3.05, 3.63) is 110 Å². The average Bonchev–Trinajstić information content (AvgIpc) is 1.56. The summed E-state index contributed by atoms with van der Waals surface area (Å²) in [5, 5.41) is 23.1. The predicted octanol–water partition coefficient (Wildman–Crippen LogP) is 16.4. The van der Waals surface area contributed by atoms with Crippen LogP contribution in [0.5, 0.6) is 23.3 Å². The third-order valence-corrected chi connectivity index (χ3v) is 26.4. The number of aromatic nitrogens is 6. The van der Waals surface area contributed by atoms with Crippen molar-refractivity contribution in [3.8, 4) is 34.4 Å². The lowest BCUT2D eigenvalue weighted by Crippen LogP contribution is -2.52.